The molecule has 0 N–H and O–H groups in total. The Bertz CT molecular complexity index is 1010. The highest BCUT2D eigenvalue weighted by molar-refractivity contribution is 7.13. The molecule has 0 radical (unpaired) electrons. The van der Waals surface area contributed by atoms with Crippen molar-refractivity contribution in [2.75, 3.05) is 0 Å². The summed E-state index contributed by atoms with van der Waals surface area (Å²) in [4.78, 5) is 26.2. The first-order chi connectivity index (χ1) is 12.9. The molecule has 0 spiro atoms. The summed E-state index contributed by atoms with van der Waals surface area (Å²) in [6.45, 7) is 3.92. The quantitative estimate of drug-likeness (QED) is 0.480. The van der Waals surface area contributed by atoms with Crippen LogP contribution in [0.1, 0.15) is 32.3 Å². The number of ketones is 2. The normalized spacial score (nSPS) is 16.6. The van der Waals surface area contributed by atoms with Crippen LogP contribution in [-0.4, -0.2) is 21.3 Å². The second-order valence-electron chi connectivity index (χ2n) is 7.61. The van der Waals surface area contributed by atoms with Crippen LogP contribution in [0, 0.1) is 5.41 Å². The van der Waals surface area contributed by atoms with Gasteiger partial charge in [0, 0.05) is 24.6 Å². The van der Waals surface area contributed by atoms with Gasteiger partial charge in [0.2, 0.25) is 0 Å². The van der Waals surface area contributed by atoms with Gasteiger partial charge in [0.05, 0.1) is 16.1 Å². The van der Waals surface area contributed by atoms with Gasteiger partial charge in [0.1, 0.15) is 5.69 Å². The topological polar surface area (TPSA) is 52.0 Å². The lowest BCUT2D eigenvalue weighted by Gasteiger charge is -2.28. The molecule has 3 aromatic rings. The van der Waals surface area contributed by atoms with E-state index in [4.69, 9.17) is 5.10 Å². The number of hydrogen-bond donors (Lipinski definition) is 0. The lowest BCUT2D eigenvalue weighted by atomic mass is 9.74. The van der Waals surface area contributed by atoms with E-state index in [2.05, 4.69) is 0 Å². The molecule has 136 valence electrons. The van der Waals surface area contributed by atoms with E-state index in [0.717, 1.165) is 21.8 Å². The minimum atomic E-state index is -0.268. The molecule has 1 aliphatic rings. The first kappa shape index (κ1) is 17.6. The highest BCUT2D eigenvalue weighted by Gasteiger charge is 2.35. The van der Waals surface area contributed by atoms with Crippen LogP contribution in [0.3, 0.4) is 0 Å². The van der Waals surface area contributed by atoms with E-state index in [-0.39, 0.29) is 17.0 Å². The molecule has 1 aromatic carbocycles. The lowest BCUT2D eigenvalue weighted by molar-refractivity contribution is -0.127. The number of allylic oxidation sites excluding steroid dienone is 1. The molecule has 0 aliphatic heterocycles. The van der Waals surface area contributed by atoms with Crippen LogP contribution in [0.4, 0.5) is 0 Å². The summed E-state index contributed by atoms with van der Waals surface area (Å²) in [5, 5.41) is 6.72. The van der Waals surface area contributed by atoms with E-state index in [9.17, 15) is 9.59 Å². The third-order valence-corrected chi connectivity index (χ3v) is 5.57. The molecule has 1 saturated carbocycles. The first-order valence-electron chi connectivity index (χ1n) is 8.90. The lowest BCUT2D eigenvalue weighted by Crippen LogP contribution is -2.31. The van der Waals surface area contributed by atoms with Crippen LogP contribution in [0.2, 0.25) is 0 Å². The summed E-state index contributed by atoms with van der Waals surface area (Å²) in [6, 6.07) is 13.8. The molecule has 1 aliphatic carbocycles. The zero-order chi connectivity index (χ0) is 19.0. The molecule has 0 bridgehead atoms. The molecule has 2 aromatic heterocycles. The van der Waals surface area contributed by atoms with Gasteiger partial charge < -0.3 is 0 Å². The SMILES string of the molecule is CC1(C)CC(=O)C(=Cc2cn(-c3ccccc3)nc2-c2cccs2)C(=O)C1. The van der Waals surface area contributed by atoms with Crippen molar-refractivity contribution in [2.24, 2.45) is 5.41 Å². The maximum atomic E-state index is 12.6. The smallest absolute Gasteiger partial charge is 0.167 e. The monoisotopic (exact) mass is 376 g/mol. The second-order valence-corrected chi connectivity index (χ2v) is 8.56. The molecule has 4 rings (SSSR count). The number of Topliss-reactive ketones (excluding diaryl/α,β-unsaturated/α-hetero) is 2. The van der Waals surface area contributed by atoms with Gasteiger partial charge in [-0.1, -0.05) is 38.1 Å². The zero-order valence-electron chi connectivity index (χ0n) is 15.3. The minimum absolute atomic E-state index is 0.0826. The van der Waals surface area contributed by atoms with Crippen molar-refractivity contribution in [3.05, 3.63) is 65.2 Å². The first-order valence-corrected chi connectivity index (χ1v) is 9.78. The van der Waals surface area contributed by atoms with Gasteiger partial charge in [0.15, 0.2) is 11.6 Å². The Morgan fingerprint density at radius 3 is 2.37 bits per heavy atom. The number of nitrogens with zero attached hydrogens (tertiary/aromatic N) is 2. The van der Waals surface area contributed by atoms with Crippen molar-refractivity contribution < 1.29 is 9.59 Å². The Balaban J connectivity index is 1.81. The standard InChI is InChI=1S/C22H20N2O2S/c1-22(2)12-18(25)17(19(26)13-22)11-15-14-24(16-7-4-3-5-8-16)23-21(15)20-9-6-10-27-20/h3-11,14H,12-13H2,1-2H3. The van der Waals surface area contributed by atoms with Crippen LogP contribution < -0.4 is 0 Å². The van der Waals surface area contributed by atoms with Crippen LogP contribution in [0.15, 0.2) is 59.6 Å². The molecular formula is C22H20N2O2S. The van der Waals surface area contributed by atoms with Crippen LogP contribution in [0.25, 0.3) is 22.3 Å². The average Bonchev–Trinajstić information content (AvgIpc) is 3.27. The summed E-state index contributed by atoms with van der Waals surface area (Å²) in [6.07, 6.45) is 4.40. The Kier molecular flexibility index (Phi) is 4.40. The molecule has 2 heterocycles. The maximum Gasteiger partial charge on any atom is 0.167 e. The second kappa shape index (κ2) is 6.74. The molecule has 0 saturated heterocycles. The van der Waals surface area contributed by atoms with Crippen molar-refractivity contribution in [1.29, 1.82) is 0 Å². The number of para-hydroxylation sites is 1. The molecule has 0 unspecified atom stereocenters. The predicted octanol–water partition coefficient (Wildman–Crippen LogP) is 4.94. The average molecular weight is 376 g/mol. The Labute approximate surface area is 162 Å². The van der Waals surface area contributed by atoms with E-state index >= 15 is 0 Å². The minimum Gasteiger partial charge on any atom is -0.294 e. The van der Waals surface area contributed by atoms with Gasteiger partial charge in [-0.05, 0) is 35.1 Å². The summed E-state index contributed by atoms with van der Waals surface area (Å²) in [7, 11) is 0. The van der Waals surface area contributed by atoms with Gasteiger partial charge in [-0.25, -0.2) is 4.68 Å². The van der Waals surface area contributed by atoms with E-state index < -0.39 is 0 Å². The number of rotatable bonds is 3. The number of benzene rings is 1. The van der Waals surface area contributed by atoms with Gasteiger partial charge in [-0.15, -0.1) is 11.3 Å². The fourth-order valence-electron chi connectivity index (χ4n) is 3.40. The fraction of sp³-hybridized carbons (Fsp3) is 0.227. The highest BCUT2D eigenvalue weighted by Crippen LogP contribution is 2.36. The Hall–Kier alpha value is -2.79. The van der Waals surface area contributed by atoms with Crippen molar-refractivity contribution in [1.82, 2.24) is 9.78 Å². The van der Waals surface area contributed by atoms with Gasteiger partial charge in [0.25, 0.3) is 0 Å². The van der Waals surface area contributed by atoms with Crippen molar-refractivity contribution in [3.63, 3.8) is 0 Å². The van der Waals surface area contributed by atoms with E-state index in [1.54, 1.807) is 22.1 Å². The molecule has 0 atom stereocenters. The molecule has 4 nitrogen and oxygen atoms in total. The fourth-order valence-corrected chi connectivity index (χ4v) is 4.14. The summed E-state index contributed by atoms with van der Waals surface area (Å²) >= 11 is 1.59. The van der Waals surface area contributed by atoms with E-state index in [1.807, 2.05) is 67.9 Å². The van der Waals surface area contributed by atoms with Gasteiger partial charge in [-0.2, -0.15) is 5.10 Å². The molecule has 5 heteroatoms. The third kappa shape index (κ3) is 3.55. The number of hydrogen-bond acceptors (Lipinski definition) is 4. The van der Waals surface area contributed by atoms with E-state index in [1.165, 1.54) is 0 Å². The highest BCUT2D eigenvalue weighted by atomic mass is 32.1. The Morgan fingerprint density at radius 2 is 1.74 bits per heavy atom. The third-order valence-electron chi connectivity index (χ3n) is 4.70. The van der Waals surface area contributed by atoms with Crippen molar-refractivity contribution in [2.45, 2.75) is 26.7 Å². The molecular weight excluding hydrogens is 356 g/mol. The van der Waals surface area contributed by atoms with Crippen LogP contribution in [-0.2, 0) is 9.59 Å². The number of carbonyl (C=O) groups is 2. The van der Waals surface area contributed by atoms with Crippen LogP contribution in [0.5, 0.6) is 0 Å². The summed E-state index contributed by atoms with van der Waals surface area (Å²) in [5.41, 5.74) is 2.53. The van der Waals surface area contributed by atoms with Crippen LogP contribution >= 0.6 is 11.3 Å². The van der Waals surface area contributed by atoms with Crippen molar-refractivity contribution in [3.8, 4) is 16.3 Å². The van der Waals surface area contributed by atoms with Crippen molar-refractivity contribution >= 4 is 29.0 Å². The number of aromatic nitrogens is 2. The number of carbonyl (C=O) groups excluding carboxylic acids is 2. The van der Waals surface area contributed by atoms with E-state index in [0.29, 0.717) is 18.4 Å². The largest absolute Gasteiger partial charge is 0.294 e. The summed E-state index contributed by atoms with van der Waals surface area (Å²) < 4.78 is 1.79. The van der Waals surface area contributed by atoms with Gasteiger partial charge in [-0.3, -0.25) is 9.59 Å². The molecule has 1 fully saturated rings. The maximum absolute atomic E-state index is 12.6. The zero-order valence-corrected chi connectivity index (χ0v) is 16.1. The number of thiophene rings is 1. The predicted molar refractivity (Wildman–Crippen MR) is 108 cm³/mol. The molecule has 0 amide bonds. The van der Waals surface area contributed by atoms with Gasteiger partial charge >= 0.3 is 0 Å². The Morgan fingerprint density at radius 1 is 1.04 bits per heavy atom. The summed E-state index contributed by atoms with van der Waals surface area (Å²) in [5.74, 6) is -0.165. The molecule has 27 heavy (non-hydrogen) atoms.